The number of carboxylic acid groups (broad SMARTS) is 1. The Balaban J connectivity index is 2.07. The lowest BCUT2D eigenvalue weighted by atomic mass is 9.82. The molecule has 1 aliphatic rings. The molecule has 4 nitrogen and oxygen atoms in total. The number of rotatable bonds is 3. The second kappa shape index (κ2) is 5.74. The SMILES string of the molecule is Cc1csc(C(=O)O)c1NC(=O)[C@H]1CC[C@H](C)CC1. The number of anilines is 1. The van der Waals surface area contributed by atoms with Crippen LogP contribution < -0.4 is 5.32 Å². The molecule has 19 heavy (non-hydrogen) atoms. The van der Waals surface area contributed by atoms with E-state index < -0.39 is 5.97 Å². The Labute approximate surface area is 116 Å². The predicted octanol–water partition coefficient (Wildman–Crippen LogP) is 3.52. The number of amides is 1. The summed E-state index contributed by atoms with van der Waals surface area (Å²) in [7, 11) is 0. The summed E-state index contributed by atoms with van der Waals surface area (Å²) in [5.41, 5.74) is 1.29. The second-order valence-electron chi connectivity index (χ2n) is 5.37. The third kappa shape index (κ3) is 3.15. The Morgan fingerprint density at radius 1 is 1.32 bits per heavy atom. The topological polar surface area (TPSA) is 66.4 Å². The first-order valence-corrected chi connectivity index (χ1v) is 7.49. The average molecular weight is 281 g/mol. The van der Waals surface area contributed by atoms with Gasteiger partial charge in [-0.2, -0.15) is 0 Å². The minimum atomic E-state index is -0.981. The van der Waals surface area contributed by atoms with Gasteiger partial charge in [-0.1, -0.05) is 6.92 Å². The smallest absolute Gasteiger partial charge is 0.348 e. The van der Waals surface area contributed by atoms with E-state index in [0.717, 1.165) is 42.6 Å². The van der Waals surface area contributed by atoms with Gasteiger partial charge < -0.3 is 10.4 Å². The van der Waals surface area contributed by atoms with Crippen molar-refractivity contribution in [3.05, 3.63) is 15.8 Å². The monoisotopic (exact) mass is 281 g/mol. The zero-order valence-electron chi connectivity index (χ0n) is 11.2. The van der Waals surface area contributed by atoms with Crippen LogP contribution in [0.2, 0.25) is 0 Å². The van der Waals surface area contributed by atoms with E-state index in [-0.39, 0.29) is 16.7 Å². The molecule has 2 N–H and O–H groups in total. The van der Waals surface area contributed by atoms with E-state index >= 15 is 0 Å². The number of thiophene rings is 1. The zero-order valence-corrected chi connectivity index (χ0v) is 12.0. The number of hydrogen-bond donors (Lipinski definition) is 2. The van der Waals surface area contributed by atoms with E-state index in [1.54, 1.807) is 5.38 Å². The lowest BCUT2D eigenvalue weighted by Gasteiger charge is -2.25. The van der Waals surface area contributed by atoms with E-state index in [9.17, 15) is 9.59 Å². The third-order valence-electron chi connectivity index (χ3n) is 3.80. The Kier molecular flexibility index (Phi) is 4.24. The number of aromatic carboxylic acids is 1. The molecule has 0 unspecified atom stereocenters. The molecule has 1 amide bonds. The van der Waals surface area contributed by atoms with Crippen molar-refractivity contribution in [3.63, 3.8) is 0 Å². The molecule has 0 aliphatic heterocycles. The van der Waals surface area contributed by atoms with E-state index in [0.29, 0.717) is 11.6 Å². The second-order valence-corrected chi connectivity index (χ2v) is 6.25. The maximum absolute atomic E-state index is 12.2. The molecule has 0 spiro atoms. The van der Waals surface area contributed by atoms with Crippen LogP contribution in [0, 0.1) is 18.8 Å². The molecular formula is C14H19NO3S. The molecule has 0 aromatic carbocycles. The summed E-state index contributed by atoms with van der Waals surface area (Å²) in [6, 6.07) is 0. The highest BCUT2D eigenvalue weighted by Gasteiger charge is 2.26. The fourth-order valence-electron chi connectivity index (χ4n) is 2.50. The summed E-state index contributed by atoms with van der Waals surface area (Å²) in [6.45, 7) is 4.03. The largest absolute Gasteiger partial charge is 0.477 e. The Hall–Kier alpha value is -1.36. The van der Waals surface area contributed by atoms with Gasteiger partial charge in [0.1, 0.15) is 4.88 Å². The van der Waals surface area contributed by atoms with Crippen LogP contribution in [0.4, 0.5) is 5.69 Å². The number of carbonyl (C=O) groups excluding carboxylic acids is 1. The van der Waals surface area contributed by atoms with Crippen molar-refractivity contribution in [2.45, 2.75) is 39.5 Å². The first-order chi connectivity index (χ1) is 8.99. The molecule has 2 rings (SSSR count). The van der Waals surface area contributed by atoms with Crippen LogP contribution in [-0.4, -0.2) is 17.0 Å². The van der Waals surface area contributed by atoms with Crippen LogP contribution in [0.1, 0.15) is 47.8 Å². The zero-order chi connectivity index (χ0) is 14.0. The van der Waals surface area contributed by atoms with Gasteiger partial charge in [0.2, 0.25) is 5.91 Å². The molecule has 0 bridgehead atoms. The molecule has 1 aromatic rings. The quantitative estimate of drug-likeness (QED) is 0.890. The minimum Gasteiger partial charge on any atom is -0.477 e. The van der Waals surface area contributed by atoms with E-state index in [2.05, 4.69) is 12.2 Å². The van der Waals surface area contributed by atoms with Gasteiger partial charge in [0.15, 0.2) is 0 Å². The summed E-state index contributed by atoms with van der Waals surface area (Å²) in [6.07, 6.45) is 3.95. The van der Waals surface area contributed by atoms with Crippen LogP contribution in [0.5, 0.6) is 0 Å². The number of nitrogens with one attached hydrogen (secondary N) is 1. The van der Waals surface area contributed by atoms with Crippen molar-refractivity contribution in [2.24, 2.45) is 11.8 Å². The number of carboxylic acids is 1. The highest BCUT2D eigenvalue weighted by atomic mass is 32.1. The standard InChI is InChI=1S/C14H19NO3S/c1-8-3-5-10(6-4-8)13(16)15-11-9(2)7-19-12(11)14(17)18/h7-8,10H,3-6H2,1-2H3,(H,15,16)(H,17,18)/t8-,10-. The maximum atomic E-state index is 12.2. The van der Waals surface area contributed by atoms with E-state index in [1.165, 1.54) is 0 Å². The fraction of sp³-hybridized carbons (Fsp3) is 0.571. The fourth-order valence-corrected chi connectivity index (χ4v) is 3.35. The molecular weight excluding hydrogens is 262 g/mol. The minimum absolute atomic E-state index is 0.0251. The molecule has 0 saturated heterocycles. The van der Waals surface area contributed by atoms with Crippen molar-refractivity contribution in [1.82, 2.24) is 0 Å². The van der Waals surface area contributed by atoms with Crippen molar-refractivity contribution < 1.29 is 14.7 Å². The highest BCUT2D eigenvalue weighted by Crippen LogP contribution is 2.32. The number of hydrogen-bond acceptors (Lipinski definition) is 3. The third-order valence-corrected chi connectivity index (χ3v) is 4.89. The lowest BCUT2D eigenvalue weighted by molar-refractivity contribution is -0.121. The van der Waals surface area contributed by atoms with Crippen molar-refractivity contribution in [1.29, 1.82) is 0 Å². The molecule has 1 saturated carbocycles. The van der Waals surface area contributed by atoms with Crippen LogP contribution in [0.15, 0.2) is 5.38 Å². The van der Waals surface area contributed by atoms with Gasteiger partial charge >= 0.3 is 5.97 Å². The van der Waals surface area contributed by atoms with Gasteiger partial charge in [0.05, 0.1) is 5.69 Å². The van der Waals surface area contributed by atoms with Crippen molar-refractivity contribution >= 4 is 28.9 Å². The van der Waals surface area contributed by atoms with E-state index in [4.69, 9.17) is 5.11 Å². The highest BCUT2D eigenvalue weighted by molar-refractivity contribution is 7.12. The van der Waals surface area contributed by atoms with Gasteiger partial charge in [-0.05, 0) is 49.5 Å². The van der Waals surface area contributed by atoms with Crippen LogP contribution in [0.3, 0.4) is 0 Å². The average Bonchev–Trinajstić information content (AvgIpc) is 2.72. The Morgan fingerprint density at radius 3 is 2.53 bits per heavy atom. The number of aryl methyl sites for hydroxylation is 1. The molecule has 1 aromatic heterocycles. The first-order valence-electron chi connectivity index (χ1n) is 6.61. The normalized spacial score (nSPS) is 23.1. The summed E-state index contributed by atoms with van der Waals surface area (Å²) in [5, 5.41) is 13.7. The molecule has 1 heterocycles. The summed E-state index contributed by atoms with van der Waals surface area (Å²) < 4.78 is 0. The van der Waals surface area contributed by atoms with Crippen molar-refractivity contribution in [2.75, 3.05) is 5.32 Å². The van der Waals surface area contributed by atoms with Gasteiger partial charge in [-0.15, -0.1) is 11.3 Å². The van der Waals surface area contributed by atoms with Gasteiger partial charge in [0.25, 0.3) is 0 Å². The predicted molar refractivity (Wildman–Crippen MR) is 75.8 cm³/mol. The molecule has 1 aliphatic carbocycles. The maximum Gasteiger partial charge on any atom is 0.348 e. The lowest BCUT2D eigenvalue weighted by Crippen LogP contribution is -2.27. The van der Waals surface area contributed by atoms with Gasteiger partial charge in [0, 0.05) is 5.92 Å². The first kappa shape index (κ1) is 14.1. The molecule has 104 valence electrons. The Morgan fingerprint density at radius 2 is 1.95 bits per heavy atom. The molecule has 1 fully saturated rings. The van der Waals surface area contributed by atoms with Gasteiger partial charge in [-0.25, -0.2) is 4.79 Å². The summed E-state index contributed by atoms with van der Waals surface area (Å²) in [5.74, 6) is -0.291. The van der Waals surface area contributed by atoms with Crippen molar-refractivity contribution in [3.8, 4) is 0 Å². The summed E-state index contributed by atoms with van der Waals surface area (Å²) in [4.78, 5) is 23.5. The van der Waals surface area contributed by atoms with Gasteiger partial charge in [-0.3, -0.25) is 4.79 Å². The molecule has 0 atom stereocenters. The summed E-state index contributed by atoms with van der Waals surface area (Å²) >= 11 is 1.16. The van der Waals surface area contributed by atoms with Crippen LogP contribution in [0.25, 0.3) is 0 Å². The van der Waals surface area contributed by atoms with Crippen LogP contribution >= 0.6 is 11.3 Å². The Bertz CT molecular complexity index is 487. The molecule has 5 heteroatoms. The molecule has 0 radical (unpaired) electrons. The van der Waals surface area contributed by atoms with E-state index in [1.807, 2.05) is 6.92 Å². The number of carbonyl (C=O) groups is 2. The van der Waals surface area contributed by atoms with Crippen LogP contribution in [-0.2, 0) is 4.79 Å².